The SMILES string of the molecule is CC1=C(C(=O)OCCCc2cccnc2)C(C(c2ccccc2)c2ccccc2)C(C(=O)OCCCc2cccnc2)=C(C)N1. The van der Waals surface area contributed by atoms with E-state index < -0.39 is 17.9 Å². The van der Waals surface area contributed by atoms with Crippen molar-refractivity contribution in [2.24, 2.45) is 5.92 Å². The first-order chi connectivity index (χ1) is 22.0. The molecule has 0 bridgehead atoms. The lowest BCUT2D eigenvalue weighted by Crippen LogP contribution is -2.37. The molecule has 0 saturated heterocycles. The van der Waals surface area contributed by atoms with Crippen LogP contribution in [0.25, 0.3) is 0 Å². The molecule has 0 aliphatic carbocycles. The summed E-state index contributed by atoms with van der Waals surface area (Å²) >= 11 is 0. The zero-order chi connectivity index (χ0) is 31.4. The van der Waals surface area contributed by atoms with Gasteiger partial charge in [0.25, 0.3) is 0 Å². The molecular weight excluding hydrogens is 562 g/mol. The van der Waals surface area contributed by atoms with E-state index >= 15 is 0 Å². The van der Waals surface area contributed by atoms with Crippen molar-refractivity contribution in [1.29, 1.82) is 0 Å². The second kappa shape index (κ2) is 15.6. The Morgan fingerprint density at radius 2 is 1.11 bits per heavy atom. The monoisotopic (exact) mass is 601 g/mol. The van der Waals surface area contributed by atoms with E-state index in [-0.39, 0.29) is 19.1 Å². The highest BCUT2D eigenvalue weighted by Gasteiger charge is 2.42. The topological polar surface area (TPSA) is 90.4 Å². The van der Waals surface area contributed by atoms with Gasteiger partial charge < -0.3 is 14.8 Å². The van der Waals surface area contributed by atoms with Gasteiger partial charge in [-0.25, -0.2) is 9.59 Å². The van der Waals surface area contributed by atoms with Gasteiger partial charge in [0.05, 0.1) is 24.4 Å². The van der Waals surface area contributed by atoms with Crippen molar-refractivity contribution in [2.45, 2.75) is 45.4 Å². The Morgan fingerprint density at radius 1 is 0.667 bits per heavy atom. The number of pyridine rings is 2. The molecule has 0 unspecified atom stereocenters. The van der Waals surface area contributed by atoms with Gasteiger partial charge in [-0.15, -0.1) is 0 Å². The third kappa shape index (κ3) is 8.12. The third-order valence-electron chi connectivity index (χ3n) is 8.03. The van der Waals surface area contributed by atoms with Gasteiger partial charge >= 0.3 is 11.9 Å². The number of hydrogen-bond acceptors (Lipinski definition) is 7. The van der Waals surface area contributed by atoms with Gasteiger partial charge in [0.15, 0.2) is 0 Å². The van der Waals surface area contributed by atoms with Crippen LogP contribution in [-0.4, -0.2) is 35.1 Å². The van der Waals surface area contributed by atoms with Crippen LogP contribution in [0.3, 0.4) is 0 Å². The molecule has 2 aromatic carbocycles. The molecule has 3 heterocycles. The molecule has 7 nitrogen and oxygen atoms in total. The van der Waals surface area contributed by atoms with Crippen LogP contribution < -0.4 is 5.32 Å². The number of allylic oxidation sites excluding steroid dienone is 2. The van der Waals surface area contributed by atoms with Crippen LogP contribution in [0, 0.1) is 5.92 Å². The molecule has 7 heteroatoms. The van der Waals surface area contributed by atoms with Crippen LogP contribution in [0.5, 0.6) is 0 Å². The number of aromatic nitrogens is 2. The predicted octanol–water partition coefficient (Wildman–Crippen LogP) is 6.73. The Labute approximate surface area is 265 Å². The maximum atomic E-state index is 14.0. The van der Waals surface area contributed by atoms with E-state index in [0.29, 0.717) is 35.4 Å². The summed E-state index contributed by atoms with van der Waals surface area (Å²) < 4.78 is 11.8. The molecule has 0 amide bonds. The first-order valence-electron chi connectivity index (χ1n) is 15.4. The molecular formula is C38H39N3O4. The summed E-state index contributed by atoms with van der Waals surface area (Å²) in [7, 11) is 0. The fraction of sp³-hybridized carbons (Fsp3) is 0.263. The van der Waals surface area contributed by atoms with Crippen molar-refractivity contribution in [3.8, 4) is 0 Å². The summed E-state index contributed by atoms with van der Waals surface area (Å²) in [5.41, 5.74) is 6.34. The smallest absolute Gasteiger partial charge is 0.336 e. The summed E-state index contributed by atoms with van der Waals surface area (Å²) in [6.45, 7) is 4.22. The van der Waals surface area contributed by atoms with Gasteiger partial charge in [-0.1, -0.05) is 72.8 Å². The third-order valence-corrected chi connectivity index (χ3v) is 8.03. The Morgan fingerprint density at radius 3 is 1.51 bits per heavy atom. The van der Waals surface area contributed by atoms with Crippen LogP contribution in [0.15, 0.2) is 132 Å². The zero-order valence-electron chi connectivity index (χ0n) is 25.8. The van der Waals surface area contributed by atoms with Crippen LogP contribution in [0.4, 0.5) is 0 Å². The fourth-order valence-corrected chi connectivity index (χ4v) is 5.95. The highest BCUT2D eigenvalue weighted by molar-refractivity contribution is 5.98. The molecule has 5 rings (SSSR count). The van der Waals surface area contributed by atoms with E-state index in [9.17, 15) is 9.59 Å². The van der Waals surface area contributed by atoms with E-state index in [0.717, 1.165) is 35.1 Å². The summed E-state index contributed by atoms with van der Waals surface area (Å²) in [5, 5.41) is 3.30. The number of carbonyl (C=O) groups is 2. The fourth-order valence-electron chi connectivity index (χ4n) is 5.95. The number of nitrogens with one attached hydrogen (secondary N) is 1. The molecule has 1 aliphatic heterocycles. The normalized spacial score (nSPS) is 13.5. The second-order valence-corrected chi connectivity index (χ2v) is 11.2. The molecule has 1 N–H and O–H groups in total. The van der Waals surface area contributed by atoms with Gasteiger partial charge in [0.1, 0.15) is 0 Å². The van der Waals surface area contributed by atoms with E-state index in [1.54, 1.807) is 12.4 Å². The summed E-state index contributed by atoms with van der Waals surface area (Å²) in [6.07, 6.45) is 9.92. The summed E-state index contributed by atoms with van der Waals surface area (Å²) in [5.74, 6) is -1.85. The molecule has 4 aromatic rings. The minimum Gasteiger partial charge on any atom is -0.462 e. The molecule has 0 saturated carbocycles. The number of nitrogens with zero attached hydrogens (tertiary/aromatic N) is 2. The maximum absolute atomic E-state index is 14.0. The van der Waals surface area contributed by atoms with E-state index in [1.807, 2.05) is 111 Å². The molecule has 230 valence electrons. The number of carbonyl (C=O) groups excluding carboxylic acids is 2. The van der Waals surface area contributed by atoms with Crippen molar-refractivity contribution >= 4 is 11.9 Å². The van der Waals surface area contributed by atoms with Crippen molar-refractivity contribution in [2.75, 3.05) is 13.2 Å². The second-order valence-electron chi connectivity index (χ2n) is 11.2. The highest BCUT2D eigenvalue weighted by atomic mass is 16.5. The average Bonchev–Trinajstić information content (AvgIpc) is 3.07. The quantitative estimate of drug-likeness (QED) is 0.134. The van der Waals surface area contributed by atoms with Gasteiger partial charge in [-0.3, -0.25) is 9.97 Å². The van der Waals surface area contributed by atoms with E-state index in [4.69, 9.17) is 9.47 Å². The van der Waals surface area contributed by atoms with Crippen molar-refractivity contribution < 1.29 is 19.1 Å². The van der Waals surface area contributed by atoms with Crippen LogP contribution in [0.1, 0.15) is 54.9 Å². The van der Waals surface area contributed by atoms with Gasteiger partial charge in [0.2, 0.25) is 0 Å². The molecule has 2 aromatic heterocycles. The summed E-state index contributed by atoms with van der Waals surface area (Å²) in [4.78, 5) is 36.3. The Balaban J connectivity index is 1.43. The molecule has 0 fully saturated rings. The zero-order valence-corrected chi connectivity index (χ0v) is 25.8. The van der Waals surface area contributed by atoms with Crippen LogP contribution in [0.2, 0.25) is 0 Å². The van der Waals surface area contributed by atoms with Gasteiger partial charge in [-0.05, 0) is 73.9 Å². The summed E-state index contributed by atoms with van der Waals surface area (Å²) in [6, 6.07) is 27.8. The average molecular weight is 602 g/mol. The van der Waals surface area contributed by atoms with Crippen LogP contribution in [-0.2, 0) is 31.9 Å². The lowest BCUT2D eigenvalue weighted by atomic mass is 9.71. The van der Waals surface area contributed by atoms with E-state index in [1.165, 1.54) is 0 Å². The Bertz CT molecular complexity index is 1500. The molecule has 45 heavy (non-hydrogen) atoms. The van der Waals surface area contributed by atoms with Crippen LogP contribution >= 0.6 is 0 Å². The lowest BCUT2D eigenvalue weighted by molar-refractivity contribution is -0.140. The number of dihydropyridines is 1. The highest BCUT2D eigenvalue weighted by Crippen LogP contribution is 2.44. The largest absolute Gasteiger partial charge is 0.462 e. The number of esters is 2. The Hall–Kier alpha value is -5.04. The number of ether oxygens (including phenoxy) is 2. The molecule has 1 aliphatic rings. The molecule has 0 radical (unpaired) electrons. The molecule has 0 atom stereocenters. The van der Waals surface area contributed by atoms with Gasteiger partial charge in [0, 0.05) is 48.0 Å². The minimum absolute atomic E-state index is 0.245. The number of benzene rings is 2. The number of rotatable bonds is 13. The minimum atomic E-state index is -0.632. The molecule has 0 spiro atoms. The first kappa shape index (κ1) is 31.4. The van der Waals surface area contributed by atoms with E-state index in [2.05, 4.69) is 15.3 Å². The van der Waals surface area contributed by atoms with Gasteiger partial charge in [-0.2, -0.15) is 0 Å². The first-order valence-corrected chi connectivity index (χ1v) is 15.4. The predicted molar refractivity (Wildman–Crippen MR) is 174 cm³/mol. The standard InChI is InChI=1S/C38H39N3O4/c1-27-33(37(42)44-23-11-15-29-13-9-21-39-25-29)36(35(31-17-5-3-6-18-31)32-19-7-4-8-20-32)34(28(2)41-27)38(43)45-24-12-16-30-14-10-22-40-26-30/h3-10,13-14,17-22,25-26,35-36,41H,11-12,15-16,23-24H2,1-2H3. The number of hydrogen-bond donors (Lipinski definition) is 1. The van der Waals surface area contributed by atoms with Crippen molar-refractivity contribution in [3.05, 3.63) is 155 Å². The number of aryl methyl sites for hydroxylation is 2. The van der Waals surface area contributed by atoms with Crippen molar-refractivity contribution in [3.63, 3.8) is 0 Å². The van der Waals surface area contributed by atoms with Crippen molar-refractivity contribution in [1.82, 2.24) is 15.3 Å². The lowest BCUT2D eigenvalue weighted by Gasteiger charge is -2.36. The Kier molecular flexibility index (Phi) is 10.9. The maximum Gasteiger partial charge on any atom is 0.336 e.